The Labute approximate surface area is 508 Å². The fourth-order valence-corrected chi connectivity index (χ4v) is 10.5. The summed E-state index contributed by atoms with van der Waals surface area (Å²) in [5.74, 6) is -1.98. The fourth-order valence-electron chi connectivity index (χ4n) is 10.5. The summed E-state index contributed by atoms with van der Waals surface area (Å²) >= 11 is 0. The van der Waals surface area contributed by atoms with Crippen molar-refractivity contribution in [3.63, 3.8) is 0 Å². The number of rotatable bonds is 66. The molecule has 0 rings (SSSR count). The molecule has 2 unspecified atom stereocenters. The van der Waals surface area contributed by atoms with E-state index < -0.39 is 18.4 Å². The Hall–Kier alpha value is -2.75. The van der Waals surface area contributed by atoms with Gasteiger partial charge < -0.3 is 28.5 Å². The summed E-state index contributed by atoms with van der Waals surface area (Å²) < 4.78 is 23.0. The number of carbonyl (C=O) groups is 3. The minimum absolute atomic E-state index is 0.176. The molecule has 9 heteroatoms. The topological polar surface area (TPSA) is 108 Å². The molecule has 0 aromatic carbocycles. The third kappa shape index (κ3) is 64.8. The average molecular weight is 1160 g/mol. The van der Waals surface area contributed by atoms with E-state index in [4.69, 9.17) is 18.9 Å². The summed E-state index contributed by atoms with van der Waals surface area (Å²) in [7, 11) is 5.99. The van der Waals surface area contributed by atoms with Gasteiger partial charge in [0.15, 0.2) is 6.10 Å². The van der Waals surface area contributed by atoms with E-state index in [1.807, 2.05) is 21.1 Å². The molecule has 0 spiro atoms. The molecule has 0 aliphatic heterocycles. The summed E-state index contributed by atoms with van der Waals surface area (Å²) in [6, 6.07) is 0. The summed E-state index contributed by atoms with van der Waals surface area (Å²) in [6.07, 6.45) is 79.4. The Morgan fingerprint density at radius 3 is 1.04 bits per heavy atom. The van der Waals surface area contributed by atoms with E-state index in [1.54, 1.807) is 0 Å². The molecule has 0 fully saturated rings. The van der Waals surface area contributed by atoms with Crippen LogP contribution in [0.2, 0.25) is 0 Å². The number of hydrogen-bond acceptors (Lipinski definition) is 7. The number of quaternary nitrogens is 1. The van der Waals surface area contributed by atoms with Crippen molar-refractivity contribution < 1.29 is 42.9 Å². The van der Waals surface area contributed by atoms with Crippen LogP contribution in [0.15, 0.2) is 48.6 Å². The number of hydrogen-bond donors (Lipinski definition) is 1. The largest absolute Gasteiger partial charge is 0.477 e. The van der Waals surface area contributed by atoms with Crippen LogP contribution >= 0.6 is 0 Å². The lowest BCUT2D eigenvalue weighted by molar-refractivity contribution is -0.870. The van der Waals surface area contributed by atoms with E-state index in [0.717, 1.165) is 64.2 Å². The van der Waals surface area contributed by atoms with Crippen LogP contribution in [0.5, 0.6) is 0 Å². The molecular weight excluding hydrogens is 1020 g/mol. The van der Waals surface area contributed by atoms with Crippen LogP contribution in [0, 0.1) is 0 Å². The minimum Gasteiger partial charge on any atom is -0.477 e. The molecule has 0 radical (unpaired) electrons. The summed E-state index contributed by atoms with van der Waals surface area (Å²) in [6.45, 7) is 4.83. The first-order chi connectivity index (χ1) is 40.1. The molecule has 0 aliphatic rings. The first-order valence-corrected chi connectivity index (χ1v) is 35.3. The molecule has 0 saturated carbocycles. The van der Waals surface area contributed by atoms with Gasteiger partial charge in [0.05, 0.1) is 34.4 Å². The van der Waals surface area contributed by atoms with Crippen LogP contribution < -0.4 is 0 Å². The molecule has 0 amide bonds. The molecule has 2 atom stereocenters. The Morgan fingerprint density at radius 2 is 0.695 bits per heavy atom. The maximum atomic E-state index is 12.9. The Morgan fingerprint density at radius 1 is 0.378 bits per heavy atom. The van der Waals surface area contributed by atoms with Crippen LogP contribution in [0.4, 0.5) is 0 Å². The number of carboxylic acid groups (broad SMARTS) is 1. The Kier molecular flexibility index (Phi) is 62.1. The first kappa shape index (κ1) is 79.2. The van der Waals surface area contributed by atoms with Gasteiger partial charge in [0.25, 0.3) is 6.29 Å². The Balaban J connectivity index is 4.06. The number of ether oxygens (including phenoxy) is 4. The SMILES string of the molecule is CC/C=C\C/C=C\C/C=C\C/C=C\CCCCCCCCCCCCCCCCCCCCC(=O)OC(COC(=O)CCCCCCCCCCCCCCCCCCCCCCCCCCCC)COC(OCC[N+](C)(C)C)C(=O)O. The Bertz CT molecular complexity index is 1480. The quantitative estimate of drug-likeness (QED) is 0.0211. The van der Waals surface area contributed by atoms with E-state index in [-0.39, 0.29) is 38.2 Å². The third-order valence-corrected chi connectivity index (χ3v) is 15.8. The van der Waals surface area contributed by atoms with Crippen molar-refractivity contribution in [2.45, 2.75) is 354 Å². The lowest BCUT2D eigenvalue weighted by atomic mass is 10.0. The highest BCUT2D eigenvalue weighted by molar-refractivity contribution is 5.71. The second-order valence-electron chi connectivity index (χ2n) is 25.2. The molecule has 0 aromatic rings. The third-order valence-electron chi connectivity index (χ3n) is 15.8. The molecule has 1 N–H and O–H groups in total. The number of esters is 2. The normalized spacial score (nSPS) is 12.9. The van der Waals surface area contributed by atoms with Crippen LogP contribution in [-0.2, 0) is 33.3 Å². The van der Waals surface area contributed by atoms with Crippen molar-refractivity contribution in [3.8, 4) is 0 Å². The number of carboxylic acids is 1. The molecular formula is C73H136NO8+. The van der Waals surface area contributed by atoms with Crippen molar-refractivity contribution in [2.24, 2.45) is 0 Å². The second-order valence-corrected chi connectivity index (χ2v) is 25.2. The van der Waals surface area contributed by atoms with E-state index in [9.17, 15) is 19.5 Å². The van der Waals surface area contributed by atoms with Gasteiger partial charge in [0.2, 0.25) is 0 Å². The number of nitrogens with zero attached hydrogens (tertiary/aromatic N) is 1. The van der Waals surface area contributed by atoms with Gasteiger partial charge in [-0.05, 0) is 51.4 Å². The lowest BCUT2D eigenvalue weighted by Crippen LogP contribution is -2.40. The highest BCUT2D eigenvalue weighted by Crippen LogP contribution is 2.19. The molecule has 0 heterocycles. The maximum absolute atomic E-state index is 12.9. The molecule has 0 saturated heterocycles. The van der Waals surface area contributed by atoms with Gasteiger partial charge >= 0.3 is 17.9 Å². The molecule has 0 bridgehead atoms. The standard InChI is InChI=1S/C73H135NO8/c1-6-8-10-12-14-16-18-20-22-24-26-28-30-32-34-35-36-37-38-40-42-44-46-48-50-52-54-56-58-60-62-64-71(76)82-69(68-81-73(72(77)78)79-66-65-74(3,4)5)67-80-70(75)63-61-59-57-55-53-51-49-47-45-43-41-39-33-31-29-27-25-23-21-19-17-15-13-11-9-7-2/h8,10,14,16,20,22,26,28,69,73H,6-7,9,11-13,15,17-19,21,23-25,27,29-68H2,1-5H3/p+1/b10-8-,16-14-,22-20-,28-26-. The van der Waals surface area contributed by atoms with E-state index in [0.29, 0.717) is 17.4 Å². The second kappa shape index (κ2) is 64.3. The van der Waals surface area contributed by atoms with Gasteiger partial charge in [-0.25, -0.2) is 4.79 Å². The summed E-state index contributed by atoms with van der Waals surface area (Å²) in [4.78, 5) is 37.6. The van der Waals surface area contributed by atoms with Crippen LogP contribution in [0.25, 0.3) is 0 Å². The van der Waals surface area contributed by atoms with E-state index >= 15 is 0 Å². The molecule has 82 heavy (non-hydrogen) atoms. The average Bonchev–Trinajstić information content (AvgIpc) is 3.45. The number of allylic oxidation sites excluding steroid dienone is 8. The zero-order chi connectivity index (χ0) is 59.8. The molecule has 9 nitrogen and oxygen atoms in total. The van der Waals surface area contributed by atoms with Gasteiger partial charge in [-0.15, -0.1) is 0 Å². The van der Waals surface area contributed by atoms with Crippen molar-refractivity contribution in [1.82, 2.24) is 0 Å². The highest BCUT2D eigenvalue weighted by Gasteiger charge is 2.25. The van der Waals surface area contributed by atoms with Crippen molar-refractivity contribution >= 4 is 17.9 Å². The zero-order valence-electron chi connectivity index (χ0n) is 54.9. The van der Waals surface area contributed by atoms with Gasteiger partial charge in [-0.1, -0.05) is 326 Å². The van der Waals surface area contributed by atoms with Gasteiger partial charge in [0, 0.05) is 12.8 Å². The molecule has 0 aliphatic carbocycles. The lowest BCUT2D eigenvalue weighted by Gasteiger charge is -2.25. The number of likely N-dealkylation sites (N-methyl/N-ethyl adjacent to an activating group) is 1. The molecule has 0 aromatic heterocycles. The number of aliphatic carboxylic acids is 1. The van der Waals surface area contributed by atoms with Gasteiger partial charge in [-0.2, -0.15) is 0 Å². The van der Waals surface area contributed by atoms with Crippen LogP contribution in [0.1, 0.15) is 341 Å². The smallest absolute Gasteiger partial charge is 0.361 e. The summed E-state index contributed by atoms with van der Waals surface area (Å²) in [5, 5.41) is 9.75. The predicted octanol–water partition coefficient (Wildman–Crippen LogP) is 21.8. The minimum atomic E-state index is -1.51. The first-order valence-electron chi connectivity index (χ1n) is 35.3. The van der Waals surface area contributed by atoms with Crippen molar-refractivity contribution in [1.29, 1.82) is 0 Å². The van der Waals surface area contributed by atoms with Crippen molar-refractivity contribution in [2.75, 3.05) is 47.5 Å². The van der Waals surface area contributed by atoms with Gasteiger partial charge in [0.1, 0.15) is 13.2 Å². The van der Waals surface area contributed by atoms with Crippen LogP contribution in [-0.4, -0.2) is 87.4 Å². The van der Waals surface area contributed by atoms with Crippen LogP contribution in [0.3, 0.4) is 0 Å². The highest BCUT2D eigenvalue weighted by atomic mass is 16.7. The fraction of sp³-hybridized carbons (Fsp3) is 0.849. The zero-order valence-corrected chi connectivity index (χ0v) is 54.9. The molecule has 480 valence electrons. The van der Waals surface area contributed by atoms with E-state index in [2.05, 4.69) is 62.5 Å². The monoisotopic (exact) mass is 1160 g/mol. The summed E-state index contributed by atoms with van der Waals surface area (Å²) in [5.41, 5.74) is 0. The number of unbranched alkanes of at least 4 members (excludes halogenated alkanes) is 43. The predicted molar refractivity (Wildman–Crippen MR) is 350 cm³/mol. The van der Waals surface area contributed by atoms with E-state index in [1.165, 1.54) is 250 Å². The number of carbonyl (C=O) groups excluding carboxylic acids is 2. The van der Waals surface area contributed by atoms with Gasteiger partial charge in [-0.3, -0.25) is 9.59 Å². The maximum Gasteiger partial charge on any atom is 0.361 e. The van der Waals surface area contributed by atoms with Crippen molar-refractivity contribution in [3.05, 3.63) is 48.6 Å².